The molecule has 0 spiro atoms. The molecule has 0 amide bonds. The zero-order valence-corrected chi connectivity index (χ0v) is 16.1. The van der Waals surface area contributed by atoms with Crippen molar-refractivity contribution in [2.75, 3.05) is 19.0 Å². The number of benzene rings is 3. The molecule has 0 atom stereocenters. The van der Waals surface area contributed by atoms with Crippen LogP contribution in [0.2, 0.25) is 5.02 Å². The third kappa shape index (κ3) is 5.08. The molecule has 0 radical (unpaired) electrons. The van der Waals surface area contributed by atoms with Gasteiger partial charge in [0, 0.05) is 12.2 Å². The van der Waals surface area contributed by atoms with E-state index < -0.39 is 0 Å². The van der Waals surface area contributed by atoms with Crippen LogP contribution in [-0.4, -0.2) is 13.7 Å². The molecule has 0 aliphatic carbocycles. The van der Waals surface area contributed by atoms with Gasteiger partial charge in [-0.3, -0.25) is 0 Å². The molecule has 0 fully saturated rings. The standard InChI is InChI=1S/C22H22ClNO3/c1-3-26-21-14-16(13-20(23)22(21)25-2)15-24-17-9-11-19(12-10-17)27-18-7-5-4-6-8-18/h4-14,24H,3,15H2,1-2H3. The van der Waals surface area contributed by atoms with Gasteiger partial charge in [0.2, 0.25) is 0 Å². The maximum absolute atomic E-state index is 6.30. The number of para-hydroxylation sites is 1. The van der Waals surface area contributed by atoms with Crippen molar-refractivity contribution >= 4 is 17.3 Å². The number of rotatable bonds is 8. The quantitative estimate of drug-likeness (QED) is 0.506. The minimum absolute atomic E-state index is 0.534. The van der Waals surface area contributed by atoms with Gasteiger partial charge < -0.3 is 19.5 Å². The Morgan fingerprint density at radius 3 is 2.30 bits per heavy atom. The summed E-state index contributed by atoms with van der Waals surface area (Å²) in [4.78, 5) is 0. The third-order valence-electron chi connectivity index (χ3n) is 3.90. The van der Waals surface area contributed by atoms with E-state index >= 15 is 0 Å². The molecule has 0 aromatic heterocycles. The monoisotopic (exact) mass is 383 g/mol. The van der Waals surface area contributed by atoms with Crippen LogP contribution in [0, 0.1) is 0 Å². The SMILES string of the molecule is CCOc1cc(CNc2ccc(Oc3ccccc3)cc2)cc(Cl)c1OC. The average Bonchev–Trinajstić information content (AvgIpc) is 2.68. The molecule has 4 nitrogen and oxygen atoms in total. The normalized spacial score (nSPS) is 10.3. The van der Waals surface area contributed by atoms with Gasteiger partial charge in [0.15, 0.2) is 11.5 Å². The van der Waals surface area contributed by atoms with Crippen LogP contribution >= 0.6 is 11.6 Å². The Labute approximate surface area is 164 Å². The van der Waals surface area contributed by atoms with Gasteiger partial charge in [-0.25, -0.2) is 0 Å². The second-order valence-electron chi connectivity index (χ2n) is 5.84. The van der Waals surface area contributed by atoms with E-state index in [1.807, 2.05) is 73.7 Å². The summed E-state index contributed by atoms with van der Waals surface area (Å²) in [7, 11) is 1.58. The maximum atomic E-state index is 6.30. The number of anilines is 1. The molecular weight excluding hydrogens is 362 g/mol. The van der Waals surface area contributed by atoms with Crippen LogP contribution in [-0.2, 0) is 6.54 Å². The first-order valence-corrected chi connectivity index (χ1v) is 9.13. The van der Waals surface area contributed by atoms with E-state index in [4.69, 9.17) is 25.8 Å². The zero-order valence-electron chi connectivity index (χ0n) is 15.4. The van der Waals surface area contributed by atoms with Crippen molar-refractivity contribution in [3.63, 3.8) is 0 Å². The summed E-state index contributed by atoms with van der Waals surface area (Å²) in [5.41, 5.74) is 1.99. The zero-order chi connectivity index (χ0) is 19.1. The Morgan fingerprint density at radius 2 is 1.63 bits per heavy atom. The van der Waals surface area contributed by atoms with Gasteiger partial charge in [0.05, 0.1) is 18.7 Å². The van der Waals surface area contributed by atoms with Crippen molar-refractivity contribution in [2.24, 2.45) is 0 Å². The molecule has 0 saturated carbocycles. The van der Waals surface area contributed by atoms with Crippen molar-refractivity contribution in [1.82, 2.24) is 0 Å². The molecule has 0 saturated heterocycles. The summed E-state index contributed by atoms with van der Waals surface area (Å²) in [6.45, 7) is 3.09. The second kappa shape index (κ2) is 9.19. The molecule has 0 heterocycles. The van der Waals surface area contributed by atoms with Crippen LogP contribution < -0.4 is 19.5 Å². The molecule has 3 rings (SSSR count). The van der Waals surface area contributed by atoms with E-state index in [9.17, 15) is 0 Å². The fourth-order valence-electron chi connectivity index (χ4n) is 2.65. The van der Waals surface area contributed by atoms with Gasteiger partial charge in [-0.2, -0.15) is 0 Å². The van der Waals surface area contributed by atoms with E-state index in [1.54, 1.807) is 7.11 Å². The molecule has 0 aliphatic rings. The van der Waals surface area contributed by atoms with Gasteiger partial charge in [0.25, 0.3) is 0 Å². The summed E-state index contributed by atoms with van der Waals surface area (Å²) in [5, 5.41) is 3.91. The highest BCUT2D eigenvalue weighted by Gasteiger charge is 2.11. The molecule has 5 heteroatoms. The Hall–Kier alpha value is -2.85. The lowest BCUT2D eigenvalue weighted by atomic mass is 10.2. The molecule has 140 valence electrons. The third-order valence-corrected chi connectivity index (χ3v) is 4.18. The fourth-order valence-corrected chi connectivity index (χ4v) is 2.96. The minimum Gasteiger partial charge on any atom is -0.491 e. The Kier molecular flexibility index (Phi) is 6.44. The first-order chi connectivity index (χ1) is 13.2. The molecule has 1 N–H and O–H groups in total. The molecule has 0 unspecified atom stereocenters. The first kappa shape index (κ1) is 18.9. The molecule has 0 aliphatic heterocycles. The van der Waals surface area contributed by atoms with Crippen LogP contribution in [0.25, 0.3) is 0 Å². The summed E-state index contributed by atoms with van der Waals surface area (Å²) >= 11 is 6.30. The van der Waals surface area contributed by atoms with Crippen LogP contribution in [0.15, 0.2) is 66.7 Å². The highest BCUT2D eigenvalue weighted by molar-refractivity contribution is 6.32. The van der Waals surface area contributed by atoms with Crippen molar-refractivity contribution in [2.45, 2.75) is 13.5 Å². The highest BCUT2D eigenvalue weighted by atomic mass is 35.5. The van der Waals surface area contributed by atoms with Crippen LogP contribution in [0.4, 0.5) is 5.69 Å². The molecule has 3 aromatic rings. The number of hydrogen-bond donors (Lipinski definition) is 1. The van der Waals surface area contributed by atoms with Crippen molar-refractivity contribution in [3.8, 4) is 23.0 Å². The van der Waals surface area contributed by atoms with Gasteiger partial charge in [-0.05, 0) is 61.0 Å². The number of methoxy groups -OCH3 is 1. The van der Waals surface area contributed by atoms with Crippen LogP contribution in [0.5, 0.6) is 23.0 Å². The Balaban J connectivity index is 1.64. The number of nitrogens with one attached hydrogen (secondary N) is 1. The number of hydrogen-bond acceptors (Lipinski definition) is 4. The van der Waals surface area contributed by atoms with E-state index in [1.165, 1.54) is 0 Å². The van der Waals surface area contributed by atoms with Gasteiger partial charge >= 0.3 is 0 Å². The highest BCUT2D eigenvalue weighted by Crippen LogP contribution is 2.36. The Bertz CT molecular complexity index is 867. The largest absolute Gasteiger partial charge is 0.491 e. The molecule has 0 bridgehead atoms. The fraction of sp³-hybridized carbons (Fsp3) is 0.182. The summed E-state index contributed by atoms with van der Waals surface area (Å²) in [6.07, 6.45) is 0. The van der Waals surface area contributed by atoms with E-state index in [-0.39, 0.29) is 0 Å². The first-order valence-electron chi connectivity index (χ1n) is 8.75. The maximum Gasteiger partial charge on any atom is 0.179 e. The van der Waals surface area contributed by atoms with E-state index in [2.05, 4.69) is 5.32 Å². The van der Waals surface area contributed by atoms with Gasteiger partial charge in [-0.1, -0.05) is 29.8 Å². The topological polar surface area (TPSA) is 39.7 Å². The van der Waals surface area contributed by atoms with E-state index in [0.717, 1.165) is 22.7 Å². The van der Waals surface area contributed by atoms with Crippen molar-refractivity contribution in [3.05, 3.63) is 77.3 Å². The number of halogens is 1. The molecule has 3 aromatic carbocycles. The van der Waals surface area contributed by atoms with Crippen molar-refractivity contribution < 1.29 is 14.2 Å². The van der Waals surface area contributed by atoms with Crippen molar-refractivity contribution in [1.29, 1.82) is 0 Å². The second-order valence-corrected chi connectivity index (χ2v) is 6.24. The molecule has 27 heavy (non-hydrogen) atoms. The lowest BCUT2D eigenvalue weighted by molar-refractivity contribution is 0.310. The molecular formula is C22H22ClNO3. The number of ether oxygens (including phenoxy) is 3. The predicted octanol–water partition coefficient (Wildman–Crippen LogP) is 6.15. The lowest BCUT2D eigenvalue weighted by Crippen LogP contribution is -2.02. The van der Waals surface area contributed by atoms with Crippen LogP contribution in [0.1, 0.15) is 12.5 Å². The summed E-state index contributed by atoms with van der Waals surface area (Å²) in [6, 6.07) is 21.3. The minimum atomic E-state index is 0.534. The Morgan fingerprint density at radius 1 is 0.926 bits per heavy atom. The predicted molar refractivity (Wildman–Crippen MR) is 109 cm³/mol. The van der Waals surface area contributed by atoms with Gasteiger partial charge in [-0.15, -0.1) is 0 Å². The average molecular weight is 384 g/mol. The van der Waals surface area contributed by atoms with Gasteiger partial charge in [0.1, 0.15) is 11.5 Å². The smallest absolute Gasteiger partial charge is 0.179 e. The van der Waals surface area contributed by atoms with E-state index in [0.29, 0.717) is 29.7 Å². The van der Waals surface area contributed by atoms with Crippen LogP contribution in [0.3, 0.4) is 0 Å². The summed E-state index contributed by atoms with van der Waals surface area (Å²) < 4.78 is 16.7. The summed E-state index contributed by atoms with van der Waals surface area (Å²) in [5.74, 6) is 2.81. The lowest BCUT2D eigenvalue weighted by Gasteiger charge is -2.14.